The number of nitrogens with two attached hydrogens (primary N) is 1. The van der Waals surface area contributed by atoms with Gasteiger partial charge in [-0.3, -0.25) is 4.79 Å². The summed E-state index contributed by atoms with van der Waals surface area (Å²) in [6.07, 6.45) is 4.46. The molecule has 2 aromatic rings. The lowest BCUT2D eigenvalue weighted by atomic mass is 10.1. The van der Waals surface area contributed by atoms with Gasteiger partial charge in [-0.05, 0) is 37.8 Å². The summed E-state index contributed by atoms with van der Waals surface area (Å²) in [6, 6.07) is 8.21. The molecule has 0 saturated heterocycles. The second-order valence-electron chi connectivity index (χ2n) is 5.87. The van der Waals surface area contributed by atoms with Gasteiger partial charge in [0.2, 0.25) is 5.91 Å². The minimum Gasteiger partial charge on any atom is -0.356 e. The Bertz CT molecular complexity index is 589. The Hall–Kier alpha value is -1.88. The highest BCUT2D eigenvalue weighted by molar-refractivity contribution is 5.79. The van der Waals surface area contributed by atoms with Crippen molar-refractivity contribution in [2.75, 3.05) is 6.54 Å². The van der Waals surface area contributed by atoms with Crippen molar-refractivity contribution >= 4 is 16.9 Å². The normalized spacial score (nSPS) is 21.8. The number of aryl methyl sites for hydroxylation is 1. The van der Waals surface area contributed by atoms with Gasteiger partial charge < -0.3 is 16.0 Å². The van der Waals surface area contributed by atoms with Crippen LogP contribution in [0.3, 0.4) is 0 Å². The van der Waals surface area contributed by atoms with Crippen molar-refractivity contribution in [3.63, 3.8) is 0 Å². The molecule has 3 rings (SSSR count). The lowest BCUT2D eigenvalue weighted by Crippen LogP contribution is -2.31. The van der Waals surface area contributed by atoms with Crippen LogP contribution in [0.15, 0.2) is 24.3 Å². The number of imidazole rings is 1. The topological polar surface area (TPSA) is 83.8 Å². The maximum atomic E-state index is 12.0. The molecular formula is C16H22N4O. The van der Waals surface area contributed by atoms with Crippen molar-refractivity contribution in [2.24, 2.45) is 11.7 Å². The minimum atomic E-state index is 0.117. The molecule has 1 amide bonds. The van der Waals surface area contributed by atoms with Crippen molar-refractivity contribution < 1.29 is 4.79 Å². The van der Waals surface area contributed by atoms with Crippen LogP contribution in [0.25, 0.3) is 11.0 Å². The molecule has 2 unspecified atom stereocenters. The molecule has 2 atom stereocenters. The molecule has 1 aliphatic rings. The Morgan fingerprint density at radius 2 is 2.24 bits per heavy atom. The molecule has 5 heteroatoms. The Kier molecular flexibility index (Phi) is 4.20. The number of aromatic amines is 1. The first-order valence-electron chi connectivity index (χ1n) is 7.69. The molecule has 21 heavy (non-hydrogen) atoms. The highest BCUT2D eigenvalue weighted by atomic mass is 16.1. The lowest BCUT2D eigenvalue weighted by Gasteiger charge is -2.10. The molecule has 1 fully saturated rings. The Balaban J connectivity index is 1.42. The zero-order valence-electron chi connectivity index (χ0n) is 12.1. The number of amides is 1. The summed E-state index contributed by atoms with van der Waals surface area (Å²) < 4.78 is 0. The van der Waals surface area contributed by atoms with Gasteiger partial charge in [0.05, 0.1) is 11.0 Å². The molecule has 1 aromatic heterocycles. The minimum absolute atomic E-state index is 0.117. The van der Waals surface area contributed by atoms with Crippen molar-refractivity contribution in [1.29, 1.82) is 0 Å². The van der Waals surface area contributed by atoms with Crippen molar-refractivity contribution in [1.82, 2.24) is 15.3 Å². The number of hydrogen-bond acceptors (Lipinski definition) is 3. The molecule has 112 valence electrons. The fourth-order valence-electron chi connectivity index (χ4n) is 2.99. The maximum Gasteiger partial charge on any atom is 0.223 e. The summed E-state index contributed by atoms with van der Waals surface area (Å²) in [5, 5.41) is 3.01. The molecule has 1 heterocycles. The Morgan fingerprint density at radius 3 is 3.00 bits per heavy atom. The zero-order valence-corrected chi connectivity index (χ0v) is 12.1. The fraction of sp³-hybridized carbons (Fsp3) is 0.500. The number of fused-ring (bicyclic) bond motifs is 1. The fourth-order valence-corrected chi connectivity index (χ4v) is 2.99. The summed E-state index contributed by atoms with van der Waals surface area (Å²) in [5.74, 6) is 1.26. The van der Waals surface area contributed by atoms with Gasteiger partial charge in [-0.25, -0.2) is 4.98 Å². The number of benzene rings is 1. The van der Waals surface area contributed by atoms with Gasteiger partial charge in [-0.2, -0.15) is 0 Å². The molecule has 0 bridgehead atoms. The van der Waals surface area contributed by atoms with E-state index in [0.717, 1.165) is 49.0 Å². The van der Waals surface area contributed by atoms with E-state index in [1.54, 1.807) is 0 Å². The monoisotopic (exact) mass is 286 g/mol. The number of carbonyl (C=O) groups is 1. The number of hydrogen-bond donors (Lipinski definition) is 3. The summed E-state index contributed by atoms with van der Waals surface area (Å²) in [4.78, 5) is 19.8. The van der Waals surface area contributed by atoms with E-state index >= 15 is 0 Å². The first-order chi connectivity index (χ1) is 10.2. The number of nitrogens with zero attached hydrogens (tertiary/aromatic N) is 1. The average molecular weight is 286 g/mol. The third-order valence-corrected chi connectivity index (χ3v) is 4.17. The maximum absolute atomic E-state index is 12.0. The van der Waals surface area contributed by atoms with Crippen LogP contribution in [-0.2, 0) is 11.2 Å². The molecular weight excluding hydrogens is 264 g/mol. The van der Waals surface area contributed by atoms with Crippen LogP contribution in [-0.4, -0.2) is 28.5 Å². The van der Waals surface area contributed by atoms with Crippen LogP contribution in [0, 0.1) is 5.92 Å². The van der Waals surface area contributed by atoms with Crippen LogP contribution in [0.5, 0.6) is 0 Å². The van der Waals surface area contributed by atoms with Gasteiger partial charge in [0.25, 0.3) is 0 Å². The molecule has 1 aromatic carbocycles. The van der Waals surface area contributed by atoms with Crippen molar-refractivity contribution in [2.45, 2.75) is 38.1 Å². The molecule has 4 N–H and O–H groups in total. The van der Waals surface area contributed by atoms with E-state index in [-0.39, 0.29) is 17.9 Å². The molecule has 1 saturated carbocycles. The van der Waals surface area contributed by atoms with Gasteiger partial charge in [0, 0.05) is 24.9 Å². The molecule has 0 radical (unpaired) electrons. The number of rotatable bonds is 5. The first kappa shape index (κ1) is 14.1. The highest BCUT2D eigenvalue weighted by Gasteiger charge is 2.27. The van der Waals surface area contributed by atoms with E-state index in [1.807, 2.05) is 24.3 Å². The predicted octanol–water partition coefficient (Wildman–Crippen LogP) is 1.74. The Morgan fingerprint density at radius 1 is 1.38 bits per heavy atom. The van der Waals surface area contributed by atoms with Crippen LogP contribution in [0.1, 0.15) is 31.5 Å². The van der Waals surface area contributed by atoms with Gasteiger partial charge in [0.15, 0.2) is 0 Å². The smallest absolute Gasteiger partial charge is 0.223 e. The third kappa shape index (κ3) is 3.42. The molecule has 5 nitrogen and oxygen atoms in total. The van der Waals surface area contributed by atoms with Crippen LogP contribution in [0.2, 0.25) is 0 Å². The zero-order chi connectivity index (χ0) is 14.7. The van der Waals surface area contributed by atoms with Gasteiger partial charge in [0.1, 0.15) is 5.82 Å². The van der Waals surface area contributed by atoms with Crippen molar-refractivity contribution in [3.05, 3.63) is 30.1 Å². The molecule has 0 spiro atoms. The summed E-state index contributed by atoms with van der Waals surface area (Å²) in [7, 11) is 0. The number of para-hydroxylation sites is 2. The van der Waals surface area contributed by atoms with Crippen LogP contribution in [0.4, 0.5) is 0 Å². The quantitative estimate of drug-likeness (QED) is 0.732. The third-order valence-electron chi connectivity index (χ3n) is 4.17. The van der Waals surface area contributed by atoms with Gasteiger partial charge in [-0.15, -0.1) is 0 Å². The highest BCUT2D eigenvalue weighted by Crippen LogP contribution is 2.23. The number of carbonyl (C=O) groups excluding carboxylic acids is 1. The van der Waals surface area contributed by atoms with E-state index in [4.69, 9.17) is 5.73 Å². The number of nitrogens with one attached hydrogen (secondary N) is 2. The summed E-state index contributed by atoms with van der Waals surface area (Å²) >= 11 is 0. The molecule has 1 aliphatic carbocycles. The van der Waals surface area contributed by atoms with E-state index in [2.05, 4.69) is 15.3 Å². The number of H-pyrrole nitrogens is 1. The lowest BCUT2D eigenvalue weighted by molar-refractivity contribution is -0.124. The Labute approximate surface area is 124 Å². The number of aromatic nitrogens is 2. The second-order valence-corrected chi connectivity index (χ2v) is 5.87. The largest absolute Gasteiger partial charge is 0.356 e. The van der Waals surface area contributed by atoms with Crippen LogP contribution < -0.4 is 11.1 Å². The van der Waals surface area contributed by atoms with Crippen LogP contribution >= 0.6 is 0 Å². The van der Waals surface area contributed by atoms with E-state index in [9.17, 15) is 4.79 Å². The SMILES string of the molecule is NC1CCC(C(=O)NCCCc2nc3ccccc3[nH]2)C1. The van der Waals surface area contributed by atoms with E-state index in [1.165, 1.54) is 0 Å². The molecule has 0 aliphatic heterocycles. The summed E-state index contributed by atoms with van der Waals surface area (Å²) in [5.41, 5.74) is 7.90. The average Bonchev–Trinajstić information content (AvgIpc) is 3.09. The summed E-state index contributed by atoms with van der Waals surface area (Å²) in [6.45, 7) is 0.696. The second kappa shape index (κ2) is 6.26. The van der Waals surface area contributed by atoms with E-state index < -0.39 is 0 Å². The van der Waals surface area contributed by atoms with Crippen molar-refractivity contribution in [3.8, 4) is 0 Å². The van der Waals surface area contributed by atoms with Gasteiger partial charge in [-0.1, -0.05) is 12.1 Å². The van der Waals surface area contributed by atoms with E-state index in [0.29, 0.717) is 6.54 Å². The standard InChI is InChI=1S/C16H22N4O/c17-12-8-7-11(10-12)16(21)18-9-3-6-15-19-13-4-1-2-5-14(13)20-15/h1-2,4-5,11-12H,3,6-10,17H2,(H,18,21)(H,19,20). The first-order valence-corrected chi connectivity index (χ1v) is 7.69. The van der Waals surface area contributed by atoms with Gasteiger partial charge >= 0.3 is 0 Å². The predicted molar refractivity (Wildman–Crippen MR) is 82.7 cm³/mol.